The summed E-state index contributed by atoms with van der Waals surface area (Å²) in [7, 11) is 0. The first kappa shape index (κ1) is 17.5. The molecule has 0 spiro atoms. The minimum absolute atomic E-state index is 0.0443. The largest absolute Gasteiger partial charge is 0.444 e. The Morgan fingerprint density at radius 1 is 1.39 bits per heavy atom. The number of benzene rings is 1. The van der Waals surface area contributed by atoms with Crippen molar-refractivity contribution in [3.63, 3.8) is 0 Å². The van der Waals surface area contributed by atoms with Crippen LogP contribution in [0, 0.1) is 0 Å². The van der Waals surface area contributed by atoms with Crippen LogP contribution in [0.3, 0.4) is 0 Å². The van der Waals surface area contributed by atoms with E-state index in [0.717, 1.165) is 19.3 Å². The molecule has 3 atom stereocenters. The van der Waals surface area contributed by atoms with Crippen LogP contribution in [0.2, 0.25) is 0 Å². The molecular weight excluding hydrogens is 288 g/mol. The molecule has 1 aromatic carbocycles. The highest BCUT2D eigenvalue weighted by molar-refractivity contribution is 5.70. The van der Waals surface area contributed by atoms with Gasteiger partial charge in [-0.25, -0.2) is 4.79 Å². The zero-order chi connectivity index (χ0) is 17.0. The Morgan fingerprint density at radius 3 is 2.61 bits per heavy atom. The van der Waals surface area contributed by atoms with Crippen molar-refractivity contribution < 1.29 is 9.53 Å². The van der Waals surface area contributed by atoms with E-state index in [1.807, 2.05) is 49.9 Å². The van der Waals surface area contributed by atoms with E-state index in [2.05, 4.69) is 18.7 Å². The summed E-state index contributed by atoms with van der Waals surface area (Å²) in [5, 5.41) is 0. The molecule has 1 aliphatic rings. The number of rotatable bonds is 4. The predicted octanol–water partition coefficient (Wildman–Crippen LogP) is 3.51. The van der Waals surface area contributed by atoms with Gasteiger partial charge in [0.2, 0.25) is 0 Å². The third kappa shape index (κ3) is 4.58. The average Bonchev–Trinajstić information content (AvgIpc) is 2.75. The fourth-order valence-corrected chi connectivity index (χ4v) is 3.17. The Morgan fingerprint density at radius 2 is 2.04 bits per heavy atom. The molecule has 1 aliphatic heterocycles. The second-order valence-electron chi connectivity index (χ2n) is 7.22. The molecule has 0 bridgehead atoms. The van der Waals surface area contributed by atoms with Crippen LogP contribution in [0.4, 0.5) is 4.79 Å². The van der Waals surface area contributed by atoms with Gasteiger partial charge in [0.25, 0.3) is 0 Å². The zero-order valence-electron chi connectivity index (χ0n) is 14.4. The standard InChI is InChI=1S/C19H28N2O2/c1-5-9-15-13-16(20)17(12-14-10-7-6-8-11-14)21(15)18(22)23-19(2,3)4/h5-8,10-11,15-17H,1,9,12-13,20H2,2-4H3/t15?,16-,17+/m1/s1. The van der Waals surface area contributed by atoms with Gasteiger partial charge >= 0.3 is 6.09 Å². The third-order valence-electron chi connectivity index (χ3n) is 4.12. The second kappa shape index (κ2) is 7.18. The molecule has 126 valence electrons. The Balaban J connectivity index is 2.22. The summed E-state index contributed by atoms with van der Waals surface area (Å²) in [4.78, 5) is 14.5. The maximum Gasteiger partial charge on any atom is 0.410 e. The van der Waals surface area contributed by atoms with Crippen molar-refractivity contribution in [2.24, 2.45) is 5.73 Å². The topological polar surface area (TPSA) is 55.6 Å². The van der Waals surface area contributed by atoms with Gasteiger partial charge in [-0.1, -0.05) is 36.4 Å². The molecular formula is C19H28N2O2. The first-order valence-electron chi connectivity index (χ1n) is 8.23. The van der Waals surface area contributed by atoms with Crippen LogP contribution in [0.25, 0.3) is 0 Å². The Kier molecular flexibility index (Phi) is 5.47. The number of carbonyl (C=O) groups excluding carboxylic acids is 1. The van der Waals surface area contributed by atoms with Crippen molar-refractivity contribution in [3.05, 3.63) is 48.6 Å². The molecule has 0 aliphatic carbocycles. The number of nitrogens with two attached hydrogens (primary N) is 1. The van der Waals surface area contributed by atoms with Crippen LogP contribution in [-0.2, 0) is 11.2 Å². The van der Waals surface area contributed by atoms with Gasteiger partial charge in [0, 0.05) is 12.1 Å². The summed E-state index contributed by atoms with van der Waals surface area (Å²) in [6.07, 6.45) is 3.83. The highest BCUT2D eigenvalue weighted by Gasteiger charge is 2.43. The van der Waals surface area contributed by atoms with E-state index in [1.165, 1.54) is 5.56 Å². The highest BCUT2D eigenvalue weighted by atomic mass is 16.6. The molecule has 2 rings (SSSR count). The van der Waals surface area contributed by atoms with Gasteiger partial charge in [-0.2, -0.15) is 0 Å². The summed E-state index contributed by atoms with van der Waals surface area (Å²) in [5.74, 6) is 0. The van der Waals surface area contributed by atoms with E-state index in [1.54, 1.807) is 0 Å². The Hall–Kier alpha value is -1.81. The quantitative estimate of drug-likeness (QED) is 0.865. The number of hydrogen-bond donors (Lipinski definition) is 1. The molecule has 1 heterocycles. The van der Waals surface area contributed by atoms with E-state index < -0.39 is 5.60 Å². The maximum atomic E-state index is 12.7. The van der Waals surface area contributed by atoms with E-state index in [4.69, 9.17) is 10.5 Å². The monoisotopic (exact) mass is 316 g/mol. The highest BCUT2D eigenvalue weighted by Crippen LogP contribution is 2.30. The van der Waals surface area contributed by atoms with Crippen molar-refractivity contribution in [1.29, 1.82) is 0 Å². The van der Waals surface area contributed by atoms with Crippen LogP contribution in [0.5, 0.6) is 0 Å². The molecule has 4 nitrogen and oxygen atoms in total. The number of ether oxygens (including phenoxy) is 1. The lowest BCUT2D eigenvalue weighted by molar-refractivity contribution is 0.0143. The lowest BCUT2D eigenvalue weighted by atomic mass is 10.0. The molecule has 23 heavy (non-hydrogen) atoms. The van der Waals surface area contributed by atoms with E-state index in [0.29, 0.717) is 0 Å². The Bertz CT molecular complexity index is 536. The number of nitrogens with zero attached hydrogens (tertiary/aromatic N) is 1. The van der Waals surface area contributed by atoms with Crippen LogP contribution in [0.15, 0.2) is 43.0 Å². The summed E-state index contributed by atoms with van der Waals surface area (Å²) in [6, 6.07) is 10.1. The van der Waals surface area contributed by atoms with Crippen molar-refractivity contribution in [3.8, 4) is 0 Å². The second-order valence-corrected chi connectivity index (χ2v) is 7.22. The number of likely N-dealkylation sites (tertiary alicyclic amines) is 1. The van der Waals surface area contributed by atoms with Gasteiger partial charge in [-0.15, -0.1) is 6.58 Å². The van der Waals surface area contributed by atoms with Crippen molar-refractivity contribution in [1.82, 2.24) is 4.90 Å². The maximum absolute atomic E-state index is 12.7. The molecule has 1 unspecified atom stereocenters. The lowest BCUT2D eigenvalue weighted by Gasteiger charge is -2.33. The van der Waals surface area contributed by atoms with Crippen molar-refractivity contribution in [2.45, 2.75) is 63.8 Å². The van der Waals surface area contributed by atoms with E-state index >= 15 is 0 Å². The first-order valence-corrected chi connectivity index (χ1v) is 8.23. The third-order valence-corrected chi connectivity index (χ3v) is 4.12. The van der Waals surface area contributed by atoms with Crippen LogP contribution in [0.1, 0.15) is 39.2 Å². The van der Waals surface area contributed by atoms with Crippen LogP contribution < -0.4 is 5.73 Å². The van der Waals surface area contributed by atoms with Gasteiger partial charge in [-0.05, 0) is 45.6 Å². The molecule has 1 saturated heterocycles. The van der Waals surface area contributed by atoms with Crippen LogP contribution >= 0.6 is 0 Å². The molecule has 0 radical (unpaired) electrons. The smallest absolute Gasteiger partial charge is 0.410 e. The summed E-state index contributed by atoms with van der Waals surface area (Å²) >= 11 is 0. The SMILES string of the molecule is C=CCC1C[C@@H](N)[C@H](Cc2ccccc2)N1C(=O)OC(C)(C)C. The summed E-state index contributed by atoms with van der Waals surface area (Å²) in [6.45, 7) is 9.46. The molecule has 1 aromatic rings. The Labute approximate surface area is 139 Å². The summed E-state index contributed by atoms with van der Waals surface area (Å²) < 4.78 is 5.61. The number of carbonyl (C=O) groups is 1. The fraction of sp³-hybridized carbons (Fsp3) is 0.526. The van der Waals surface area contributed by atoms with Gasteiger partial charge in [0.05, 0.1) is 6.04 Å². The minimum atomic E-state index is -0.514. The number of hydrogen-bond acceptors (Lipinski definition) is 3. The van der Waals surface area contributed by atoms with E-state index in [9.17, 15) is 4.79 Å². The van der Waals surface area contributed by atoms with Gasteiger partial charge in [0.15, 0.2) is 0 Å². The average molecular weight is 316 g/mol. The van der Waals surface area contributed by atoms with Crippen molar-refractivity contribution in [2.75, 3.05) is 0 Å². The molecule has 1 amide bonds. The number of amides is 1. The van der Waals surface area contributed by atoms with Gasteiger partial charge in [-0.3, -0.25) is 4.90 Å². The fourth-order valence-electron chi connectivity index (χ4n) is 3.17. The lowest BCUT2D eigenvalue weighted by Crippen LogP contribution is -2.48. The summed E-state index contributed by atoms with van der Waals surface area (Å²) in [5.41, 5.74) is 7.02. The normalized spacial score (nSPS) is 24.5. The van der Waals surface area contributed by atoms with Gasteiger partial charge < -0.3 is 10.5 Å². The molecule has 2 N–H and O–H groups in total. The predicted molar refractivity (Wildman–Crippen MR) is 93.2 cm³/mol. The van der Waals surface area contributed by atoms with Crippen LogP contribution in [-0.4, -0.2) is 34.7 Å². The zero-order valence-corrected chi connectivity index (χ0v) is 14.4. The van der Waals surface area contributed by atoms with E-state index in [-0.39, 0.29) is 24.2 Å². The van der Waals surface area contributed by atoms with Gasteiger partial charge in [0.1, 0.15) is 5.60 Å². The molecule has 4 heteroatoms. The molecule has 0 saturated carbocycles. The minimum Gasteiger partial charge on any atom is -0.444 e. The molecule has 1 fully saturated rings. The molecule has 0 aromatic heterocycles. The van der Waals surface area contributed by atoms with Crippen molar-refractivity contribution >= 4 is 6.09 Å². The first-order chi connectivity index (χ1) is 10.8.